The summed E-state index contributed by atoms with van der Waals surface area (Å²) < 4.78 is 22.9. The number of hydrogen-bond acceptors (Lipinski definition) is 3. The Morgan fingerprint density at radius 1 is 1.57 bits per heavy atom. The molecule has 1 aromatic carbocycles. The standard InChI is InChI=1S/C9H8BrFO3/c1-13-9(12)5-14-8-3-2-6(10)4-7(8)11/h2-4H,5H2,1H3. The van der Waals surface area contributed by atoms with E-state index in [0.29, 0.717) is 4.47 Å². The van der Waals surface area contributed by atoms with Crippen molar-refractivity contribution in [2.75, 3.05) is 13.7 Å². The number of methoxy groups -OCH3 is 1. The van der Waals surface area contributed by atoms with Gasteiger partial charge in [-0.15, -0.1) is 0 Å². The molecule has 0 atom stereocenters. The molecule has 0 heterocycles. The van der Waals surface area contributed by atoms with Crippen molar-refractivity contribution in [3.05, 3.63) is 28.5 Å². The molecule has 5 heteroatoms. The van der Waals surface area contributed by atoms with Gasteiger partial charge in [-0.3, -0.25) is 0 Å². The maximum absolute atomic E-state index is 13.1. The van der Waals surface area contributed by atoms with Gasteiger partial charge in [0.1, 0.15) is 0 Å². The van der Waals surface area contributed by atoms with Crippen LogP contribution in [0.4, 0.5) is 4.39 Å². The maximum atomic E-state index is 13.1. The first-order chi connectivity index (χ1) is 6.63. The fourth-order valence-corrected chi connectivity index (χ4v) is 1.12. The second kappa shape index (κ2) is 4.95. The fraction of sp³-hybridized carbons (Fsp3) is 0.222. The van der Waals surface area contributed by atoms with Crippen LogP contribution in [0.15, 0.2) is 22.7 Å². The zero-order chi connectivity index (χ0) is 10.6. The first-order valence-electron chi connectivity index (χ1n) is 3.78. The third-order valence-corrected chi connectivity index (χ3v) is 1.96. The summed E-state index contributed by atoms with van der Waals surface area (Å²) >= 11 is 3.10. The molecule has 0 aliphatic carbocycles. The van der Waals surface area contributed by atoms with Gasteiger partial charge in [-0.2, -0.15) is 0 Å². The number of ether oxygens (including phenoxy) is 2. The van der Waals surface area contributed by atoms with E-state index in [-0.39, 0.29) is 12.4 Å². The van der Waals surface area contributed by atoms with Gasteiger partial charge in [0.05, 0.1) is 7.11 Å². The molecule has 14 heavy (non-hydrogen) atoms. The van der Waals surface area contributed by atoms with E-state index in [9.17, 15) is 9.18 Å². The summed E-state index contributed by atoms with van der Waals surface area (Å²) in [4.78, 5) is 10.7. The second-order valence-electron chi connectivity index (χ2n) is 2.44. The Hall–Kier alpha value is -1.10. The molecule has 3 nitrogen and oxygen atoms in total. The monoisotopic (exact) mass is 262 g/mol. The number of hydrogen-bond donors (Lipinski definition) is 0. The van der Waals surface area contributed by atoms with Crippen LogP contribution in [0, 0.1) is 5.82 Å². The van der Waals surface area contributed by atoms with Gasteiger partial charge in [0.2, 0.25) is 0 Å². The van der Waals surface area contributed by atoms with E-state index in [0.717, 1.165) is 0 Å². The van der Waals surface area contributed by atoms with E-state index in [2.05, 4.69) is 20.7 Å². The van der Waals surface area contributed by atoms with Gasteiger partial charge < -0.3 is 9.47 Å². The zero-order valence-corrected chi connectivity index (χ0v) is 9.01. The van der Waals surface area contributed by atoms with E-state index >= 15 is 0 Å². The van der Waals surface area contributed by atoms with Gasteiger partial charge in [0, 0.05) is 4.47 Å². The number of rotatable bonds is 3. The first-order valence-corrected chi connectivity index (χ1v) is 4.57. The average molecular weight is 263 g/mol. The van der Waals surface area contributed by atoms with E-state index in [1.807, 2.05) is 0 Å². The normalized spacial score (nSPS) is 9.64. The minimum atomic E-state index is -0.549. The Morgan fingerprint density at radius 2 is 2.29 bits per heavy atom. The molecular weight excluding hydrogens is 255 g/mol. The fourth-order valence-electron chi connectivity index (χ4n) is 0.788. The number of carbonyl (C=O) groups is 1. The van der Waals surface area contributed by atoms with Crippen LogP contribution in [0.5, 0.6) is 5.75 Å². The van der Waals surface area contributed by atoms with Crippen molar-refractivity contribution in [1.82, 2.24) is 0 Å². The Labute approximate surface area is 88.9 Å². The number of carbonyl (C=O) groups excluding carboxylic acids is 1. The predicted octanol–water partition coefficient (Wildman–Crippen LogP) is 2.14. The molecule has 0 spiro atoms. The third-order valence-electron chi connectivity index (χ3n) is 1.47. The van der Waals surface area contributed by atoms with Crippen molar-refractivity contribution in [1.29, 1.82) is 0 Å². The molecule has 1 rings (SSSR count). The van der Waals surface area contributed by atoms with Crippen molar-refractivity contribution in [2.45, 2.75) is 0 Å². The molecule has 0 bridgehead atoms. The molecular formula is C9H8BrFO3. The maximum Gasteiger partial charge on any atom is 0.343 e. The summed E-state index contributed by atoms with van der Waals surface area (Å²) in [5.74, 6) is -1.05. The predicted molar refractivity (Wildman–Crippen MR) is 51.6 cm³/mol. The Balaban J connectivity index is 2.63. The lowest BCUT2D eigenvalue weighted by molar-refractivity contribution is -0.142. The Kier molecular flexibility index (Phi) is 3.88. The number of benzene rings is 1. The molecule has 0 aliphatic heterocycles. The Morgan fingerprint density at radius 3 is 2.86 bits per heavy atom. The molecule has 0 fully saturated rings. The molecule has 1 aromatic rings. The summed E-state index contributed by atoms with van der Waals surface area (Å²) in [5, 5.41) is 0. The van der Waals surface area contributed by atoms with Crippen LogP contribution >= 0.6 is 15.9 Å². The molecule has 0 amide bonds. The van der Waals surface area contributed by atoms with Gasteiger partial charge in [0.15, 0.2) is 18.2 Å². The lowest BCUT2D eigenvalue weighted by Gasteiger charge is -2.05. The van der Waals surface area contributed by atoms with Crippen molar-refractivity contribution < 1.29 is 18.7 Å². The van der Waals surface area contributed by atoms with Crippen molar-refractivity contribution in [2.24, 2.45) is 0 Å². The van der Waals surface area contributed by atoms with E-state index in [1.54, 1.807) is 6.07 Å². The smallest absolute Gasteiger partial charge is 0.343 e. The lowest BCUT2D eigenvalue weighted by atomic mass is 10.3. The molecule has 0 saturated heterocycles. The summed E-state index contributed by atoms with van der Waals surface area (Å²) in [5.41, 5.74) is 0. The highest BCUT2D eigenvalue weighted by molar-refractivity contribution is 9.10. The molecule has 0 unspecified atom stereocenters. The van der Waals surface area contributed by atoms with Gasteiger partial charge in [-0.1, -0.05) is 15.9 Å². The van der Waals surface area contributed by atoms with Gasteiger partial charge in [0.25, 0.3) is 0 Å². The largest absolute Gasteiger partial charge is 0.479 e. The minimum Gasteiger partial charge on any atom is -0.479 e. The van der Waals surface area contributed by atoms with E-state index < -0.39 is 11.8 Å². The SMILES string of the molecule is COC(=O)COc1ccc(Br)cc1F. The minimum absolute atomic E-state index is 0.0265. The lowest BCUT2D eigenvalue weighted by Crippen LogP contribution is -2.13. The zero-order valence-electron chi connectivity index (χ0n) is 7.42. The average Bonchev–Trinajstić information content (AvgIpc) is 2.16. The summed E-state index contributed by atoms with van der Waals surface area (Å²) in [7, 11) is 1.24. The highest BCUT2D eigenvalue weighted by Gasteiger charge is 2.06. The second-order valence-corrected chi connectivity index (χ2v) is 3.36. The molecule has 0 radical (unpaired) electrons. The van der Waals surface area contributed by atoms with Crippen molar-refractivity contribution >= 4 is 21.9 Å². The molecule has 0 N–H and O–H groups in total. The van der Waals surface area contributed by atoms with Crippen LogP contribution in [0.3, 0.4) is 0 Å². The van der Waals surface area contributed by atoms with Crippen LogP contribution in [-0.4, -0.2) is 19.7 Å². The summed E-state index contributed by atoms with van der Waals surface area (Å²) in [6.45, 7) is -0.297. The summed E-state index contributed by atoms with van der Waals surface area (Å²) in [6.07, 6.45) is 0. The van der Waals surface area contributed by atoms with Crippen LogP contribution < -0.4 is 4.74 Å². The summed E-state index contributed by atoms with van der Waals surface area (Å²) in [6, 6.07) is 4.31. The van der Waals surface area contributed by atoms with Crippen molar-refractivity contribution in [3.8, 4) is 5.75 Å². The third kappa shape index (κ3) is 2.99. The van der Waals surface area contributed by atoms with Crippen LogP contribution in [0.1, 0.15) is 0 Å². The number of halogens is 2. The van der Waals surface area contributed by atoms with Crippen LogP contribution in [0.25, 0.3) is 0 Å². The molecule has 0 saturated carbocycles. The quantitative estimate of drug-likeness (QED) is 0.784. The first kappa shape index (κ1) is 11.0. The van der Waals surface area contributed by atoms with Crippen molar-refractivity contribution in [3.63, 3.8) is 0 Å². The van der Waals surface area contributed by atoms with E-state index in [1.165, 1.54) is 19.2 Å². The highest BCUT2D eigenvalue weighted by Crippen LogP contribution is 2.21. The Bertz CT molecular complexity index is 341. The van der Waals surface area contributed by atoms with E-state index in [4.69, 9.17) is 4.74 Å². The van der Waals surface area contributed by atoms with Crippen LogP contribution in [-0.2, 0) is 9.53 Å². The van der Waals surface area contributed by atoms with Gasteiger partial charge in [-0.25, -0.2) is 9.18 Å². The molecule has 0 aliphatic rings. The topological polar surface area (TPSA) is 35.5 Å². The van der Waals surface area contributed by atoms with Gasteiger partial charge >= 0.3 is 5.97 Å². The number of esters is 1. The molecule has 76 valence electrons. The highest BCUT2D eigenvalue weighted by atomic mass is 79.9. The van der Waals surface area contributed by atoms with Crippen LogP contribution in [0.2, 0.25) is 0 Å². The molecule has 0 aromatic heterocycles. The van der Waals surface area contributed by atoms with Gasteiger partial charge in [-0.05, 0) is 18.2 Å².